The predicted molar refractivity (Wildman–Crippen MR) is 123 cm³/mol. The van der Waals surface area contributed by atoms with Crippen LogP contribution in [0.4, 0.5) is 0 Å². The van der Waals surface area contributed by atoms with E-state index in [-0.39, 0.29) is 6.61 Å². The van der Waals surface area contributed by atoms with Crippen LogP contribution in [0.25, 0.3) is 0 Å². The first-order chi connectivity index (χ1) is 17.7. The standard InChI is InChI=1S/C22H31BrO15/c1-9(26)31-7-15-16(23)18(33-11(3)28)19(34-12(4)29)21(36-15)38-22(8-25)20(35-13(5)30)17(32-10(2)27)14(6-24)37-22/h14-21,24-25H,6-8H2,1-5H3/t14-,15-,16-,17-,18+,19-,20+,21-,22+/m1/s1. The van der Waals surface area contributed by atoms with Crippen LogP contribution in [0, 0.1) is 0 Å². The molecule has 216 valence electrons. The van der Waals surface area contributed by atoms with E-state index < -0.39 is 96.6 Å². The molecule has 2 saturated heterocycles. The Morgan fingerprint density at radius 3 is 1.76 bits per heavy atom. The molecule has 0 saturated carbocycles. The van der Waals surface area contributed by atoms with E-state index in [1.807, 2.05) is 0 Å². The minimum absolute atomic E-state index is 0.356. The van der Waals surface area contributed by atoms with E-state index in [1.54, 1.807) is 0 Å². The SMILES string of the molecule is CC(=O)OC[C@H]1O[C@H](O[C@]2(CO)O[C@H](CO)[C@@H](OC(C)=O)[C@@H]2OC(C)=O)[C@H](OC(C)=O)[C@@H](OC(C)=O)[C@@H]1Br. The Morgan fingerprint density at radius 1 is 0.763 bits per heavy atom. The lowest BCUT2D eigenvalue weighted by atomic mass is 10.0. The van der Waals surface area contributed by atoms with Crippen LogP contribution in [0.2, 0.25) is 0 Å². The molecule has 0 radical (unpaired) electrons. The molecule has 0 unspecified atom stereocenters. The molecule has 38 heavy (non-hydrogen) atoms. The first kappa shape index (κ1) is 31.8. The van der Waals surface area contributed by atoms with Crippen molar-refractivity contribution in [2.24, 2.45) is 0 Å². The maximum atomic E-state index is 12.0. The second-order valence-electron chi connectivity index (χ2n) is 8.47. The Bertz CT molecular complexity index is 896. The number of carbonyl (C=O) groups excluding carboxylic acids is 5. The second-order valence-corrected chi connectivity index (χ2v) is 9.53. The molecule has 0 aliphatic carbocycles. The summed E-state index contributed by atoms with van der Waals surface area (Å²) in [5.74, 6) is -6.24. The molecule has 15 nitrogen and oxygen atoms in total. The number of esters is 5. The van der Waals surface area contributed by atoms with Crippen molar-refractivity contribution in [3.63, 3.8) is 0 Å². The Balaban J connectivity index is 2.55. The molecule has 2 heterocycles. The van der Waals surface area contributed by atoms with Crippen LogP contribution in [0.1, 0.15) is 34.6 Å². The van der Waals surface area contributed by atoms with Gasteiger partial charge >= 0.3 is 29.8 Å². The lowest BCUT2D eigenvalue weighted by molar-refractivity contribution is -0.372. The fourth-order valence-corrected chi connectivity index (χ4v) is 4.72. The van der Waals surface area contributed by atoms with Crippen molar-refractivity contribution in [3.8, 4) is 0 Å². The lowest BCUT2D eigenvalue weighted by Gasteiger charge is -2.45. The van der Waals surface area contributed by atoms with Gasteiger partial charge in [-0.1, -0.05) is 15.9 Å². The molecule has 0 aromatic carbocycles. The van der Waals surface area contributed by atoms with Gasteiger partial charge in [0.05, 0.1) is 11.4 Å². The molecular formula is C22H31BrO15. The Kier molecular flexibility index (Phi) is 11.4. The lowest BCUT2D eigenvalue weighted by Crippen LogP contribution is -2.63. The number of ether oxygens (including phenoxy) is 8. The van der Waals surface area contributed by atoms with Crippen molar-refractivity contribution < 1.29 is 72.1 Å². The molecule has 2 aliphatic heterocycles. The van der Waals surface area contributed by atoms with Gasteiger partial charge < -0.3 is 48.1 Å². The van der Waals surface area contributed by atoms with Gasteiger partial charge in [-0.3, -0.25) is 24.0 Å². The fraction of sp³-hybridized carbons (Fsp3) is 0.773. The van der Waals surface area contributed by atoms with Crippen molar-refractivity contribution in [1.82, 2.24) is 0 Å². The van der Waals surface area contributed by atoms with Gasteiger partial charge in [0.1, 0.15) is 25.4 Å². The highest BCUT2D eigenvalue weighted by Crippen LogP contribution is 2.41. The van der Waals surface area contributed by atoms with Gasteiger partial charge in [-0.25, -0.2) is 0 Å². The third-order valence-corrected chi connectivity index (χ3v) is 6.50. The average molecular weight is 615 g/mol. The molecule has 0 amide bonds. The summed E-state index contributed by atoms with van der Waals surface area (Å²) in [7, 11) is 0. The van der Waals surface area contributed by atoms with Crippen LogP contribution in [0.3, 0.4) is 0 Å². The zero-order chi connectivity index (χ0) is 28.8. The quantitative estimate of drug-likeness (QED) is 0.170. The molecule has 2 rings (SSSR count). The van der Waals surface area contributed by atoms with E-state index in [9.17, 15) is 34.2 Å². The largest absolute Gasteiger partial charge is 0.463 e. The first-order valence-electron chi connectivity index (χ1n) is 11.4. The summed E-state index contributed by atoms with van der Waals surface area (Å²) >= 11 is 3.32. The number of hydrogen-bond acceptors (Lipinski definition) is 15. The number of alkyl halides is 1. The van der Waals surface area contributed by atoms with E-state index in [0.29, 0.717) is 0 Å². The van der Waals surface area contributed by atoms with Crippen molar-refractivity contribution in [2.45, 2.75) is 88.1 Å². The van der Waals surface area contributed by atoms with Gasteiger partial charge in [-0.2, -0.15) is 0 Å². The average Bonchev–Trinajstić information content (AvgIpc) is 3.08. The highest BCUT2D eigenvalue weighted by atomic mass is 79.9. The number of halogens is 1. The zero-order valence-electron chi connectivity index (χ0n) is 21.3. The molecule has 0 aromatic rings. The number of carbonyl (C=O) groups is 5. The summed E-state index contributed by atoms with van der Waals surface area (Å²) < 4.78 is 43.7. The summed E-state index contributed by atoms with van der Waals surface area (Å²) in [5, 5.41) is 20.2. The Labute approximate surface area is 226 Å². The maximum absolute atomic E-state index is 12.0. The fourth-order valence-electron chi connectivity index (χ4n) is 4.03. The van der Waals surface area contributed by atoms with Crippen LogP contribution in [-0.2, 0) is 61.9 Å². The van der Waals surface area contributed by atoms with Crippen LogP contribution in [0.15, 0.2) is 0 Å². The minimum atomic E-state index is -2.33. The van der Waals surface area contributed by atoms with Crippen LogP contribution in [-0.4, -0.2) is 113 Å². The zero-order valence-corrected chi connectivity index (χ0v) is 22.9. The van der Waals surface area contributed by atoms with Crippen molar-refractivity contribution in [3.05, 3.63) is 0 Å². The number of hydrogen-bond donors (Lipinski definition) is 2. The predicted octanol–water partition coefficient (Wildman–Crippen LogP) is -1.14. The van der Waals surface area contributed by atoms with Gasteiger partial charge in [0.25, 0.3) is 0 Å². The number of aliphatic hydroxyl groups excluding tert-OH is 2. The Morgan fingerprint density at radius 2 is 1.29 bits per heavy atom. The molecule has 2 N–H and O–H groups in total. The molecule has 2 fully saturated rings. The Hall–Kier alpha value is -2.37. The third kappa shape index (κ3) is 7.83. The first-order valence-corrected chi connectivity index (χ1v) is 12.3. The summed E-state index contributed by atoms with van der Waals surface area (Å²) in [6.45, 7) is 3.32. The van der Waals surface area contributed by atoms with E-state index >= 15 is 0 Å². The van der Waals surface area contributed by atoms with Crippen LogP contribution in [0.5, 0.6) is 0 Å². The van der Waals surface area contributed by atoms with E-state index in [1.165, 1.54) is 0 Å². The highest BCUT2D eigenvalue weighted by molar-refractivity contribution is 9.09. The molecule has 0 aromatic heterocycles. The van der Waals surface area contributed by atoms with Crippen molar-refractivity contribution >= 4 is 45.8 Å². The second kappa shape index (κ2) is 13.6. The highest BCUT2D eigenvalue weighted by Gasteiger charge is 2.63. The van der Waals surface area contributed by atoms with E-state index in [4.69, 9.17) is 37.9 Å². The van der Waals surface area contributed by atoms with Gasteiger partial charge in [0.2, 0.25) is 12.1 Å². The molecule has 0 spiro atoms. The molecule has 2 aliphatic rings. The maximum Gasteiger partial charge on any atom is 0.303 e. The number of aliphatic hydroxyl groups is 2. The van der Waals surface area contributed by atoms with Gasteiger partial charge in [0, 0.05) is 34.6 Å². The molecular weight excluding hydrogens is 584 g/mol. The van der Waals surface area contributed by atoms with Gasteiger partial charge in [0.15, 0.2) is 24.4 Å². The third-order valence-electron chi connectivity index (χ3n) is 5.39. The van der Waals surface area contributed by atoms with Crippen LogP contribution < -0.4 is 0 Å². The van der Waals surface area contributed by atoms with Gasteiger partial charge in [-0.15, -0.1) is 0 Å². The van der Waals surface area contributed by atoms with Crippen LogP contribution >= 0.6 is 15.9 Å². The molecule has 9 atom stereocenters. The molecule has 16 heteroatoms. The monoisotopic (exact) mass is 614 g/mol. The summed E-state index contributed by atoms with van der Waals surface area (Å²) in [5.41, 5.74) is 0. The summed E-state index contributed by atoms with van der Waals surface area (Å²) in [6.07, 6.45) is -9.88. The van der Waals surface area contributed by atoms with E-state index in [0.717, 1.165) is 34.6 Å². The summed E-state index contributed by atoms with van der Waals surface area (Å²) in [6, 6.07) is 0. The van der Waals surface area contributed by atoms with Crippen molar-refractivity contribution in [2.75, 3.05) is 19.8 Å². The molecule has 0 bridgehead atoms. The minimum Gasteiger partial charge on any atom is -0.463 e. The van der Waals surface area contributed by atoms with Gasteiger partial charge in [-0.05, 0) is 0 Å². The topological polar surface area (TPSA) is 200 Å². The number of rotatable bonds is 10. The normalized spacial score (nSPS) is 34.6. The smallest absolute Gasteiger partial charge is 0.303 e. The van der Waals surface area contributed by atoms with E-state index in [2.05, 4.69) is 15.9 Å². The van der Waals surface area contributed by atoms with Crippen molar-refractivity contribution in [1.29, 1.82) is 0 Å². The summed E-state index contributed by atoms with van der Waals surface area (Å²) in [4.78, 5) is 58.0.